The van der Waals surface area contributed by atoms with E-state index in [9.17, 15) is 37.3 Å². The van der Waals surface area contributed by atoms with Crippen molar-refractivity contribution in [2.45, 2.75) is 12.3 Å². The number of alkyl halides is 4. The van der Waals surface area contributed by atoms with E-state index in [-0.39, 0.29) is 0 Å². The Hall–Kier alpha value is -2.72. The van der Waals surface area contributed by atoms with Crippen LogP contribution >= 0.6 is 0 Å². The lowest BCUT2D eigenvalue weighted by atomic mass is 10.1. The van der Waals surface area contributed by atoms with E-state index in [0.29, 0.717) is 12.1 Å². The minimum Gasteiger partial charge on any atom is -0.478 e. The van der Waals surface area contributed by atoms with Crippen LogP contribution in [0.2, 0.25) is 0 Å². The van der Waals surface area contributed by atoms with Crippen LogP contribution in [0.3, 0.4) is 0 Å². The number of aromatic carboxylic acids is 1. The molecule has 1 amide bonds. The fourth-order valence-corrected chi connectivity index (χ4v) is 1.23. The van der Waals surface area contributed by atoms with E-state index in [1.807, 2.05) is 0 Å². The van der Waals surface area contributed by atoms with E-state index in [2.05, 4.69) is 0 Å². The van der Waals surface area contributed by atoms with Crippen molar-refractivity contribution < 1.29 is 37.2 Å². The van der Waals surface area contributed by atoms with Crippen molar-refractivity contribution >= 4 is 23.3 Å². The zero-order valence-corrected chi connectivity index (χ0v) is 9.85. The molecule has 1 aromatic rings. The molecule has 11 heteroatoms. The lowest BCUT2D eigenvalue weighted by molar-refractivity contribution is -0.384. The fraction of sp³-hybridized carbons (Fsp3) is 0.200. The standard InChI is InChI=1S/C10H6F4N2O5/c11-8(12)10(13,14)9(19)15-5-2-1-4(7(17)18)3-6(5)16(20)21/h1-3,8H,(H,15,19)(H,17,18). The molecule has 7 nitrogen and oxygen atoms in total. The Labute approximate surface area is 113 Å². The average molecular weight is 310 g/mol. The second kappa shape index (κ2) is 5.73. The van der Waals surface area contributed by atoms with Crippen LogP contribution in [0.5, 0.6) is 0 Å². The highest BCUT2D eigenvalue weighted by atomic mass is 19.3. The molecule has 0 spiro atoms. The molecule has 2 N–H and O–H groups in total. The molecule has 0 heterocycles. The normalized spacial score (nSPS) is 11.3. The zero-order valence-electron chi connectivity index (χ0n) is 9.85. The van der Waals surface area contributed by atoms with Crippen LogP contribution < -0.4 is 5.32 Å². The summed E-state index contributed by atoms with van der Waals surface area (Å²) >= 11 is 0. The molecule has 0 atom stereocenters. The molecule has 114 valence electrons. The first-order valence-corrected chi connectivity index (χ1v) is 5.06. The third-order valence-corrected chi connectivity index (χ3v) is 2.27. The van der Waals surface area contributed by atoms with Gasteiger partial charge in [-0.15, -0.1) is 0 Å². The Morgan fingerprint density at radius 3 is 2.33 bits per heavy atom. The second-order valence-electron chi connectivity index (χ2n) is 3.67. The van der Waals surface area contributed by atoms with E-state index in [1.165, 1.54) is 5.32 Å². The topological polar surface area (TPSA) is 110 Å². The van der Waals surface area contributed by atoms with Gasteiger partial charge in [0.2, 0.25) is 0 Å². The predicted molar refractivity (Wildman–Crippen MR) is 59.6 cm³/mol. The van der Waals surface area contributed by atoms with E-state index >= 15 is 0 Å². The third-order valence-electron chi connectivity index (χ3n) is 2.27. The zero-order chi connectivity index (χ0) is 16.4. The van der Waals surface area contributed by atoms with E-state index in [4.69, 9.17) is 5.11 Å². The van der Waals surface area contributed by atoms with Gasteiger partial charge in [-0.1, -0.05) is 0 Å². The minimum absolute atomic E-state index is 0.498. The Kier molecular flexibility index (Phi) is 4.45. The number of carbonyl (C=O) groups is 2. The summed E-state index contributed by atoms with van der Waals surface area (Å²) in [6.07, 6.45) is -4.30. The second-order valence-corrected chi connectivity index (χ2v) is 3.67. The number of hydrogen-bond acceptors (Lipinski definition) is 4. The number of carboxylic acid groups (broad SMARTS) is 1. The molecule has 0 bridgehead atoms. The number of halogens is 4. The van der Waals surface area contributed by atoms with Crippen LogP contribution in [-0.4, -0.2) is 34.3 Å². The van der Waals surface area contributed by atoms with Crippen molar-refractivity contribution in [2.75, 3.05) is 5.32 Å². The molecule has 0 aliphatic heterocycles. The summed E-state index contributed by atoms with van der Waals surface area (Å²) in [5.41, 5.74) is -2.39. The number of carbonyl (C=O) groups excluding carboxylic acids is 1. The molecule has 0 unspecified atom stereocenters. The highest BCUT2D eigenvalue weighted by Crippen LogP contribution is 2.29. The number of nitro groups is 1. The number of hydrogen-bond donors (Lipinski definition) is 2. The molecular weight excluding hydrogens is 304 g/mol. The first kappa shape index (κ1) is 16.3. The average Bonchev–Trinajstić information content (AvgIpc) is 2.38. The fourth-order valence-electron chi connectivity index (χ4n) is 1.23. The quantitative estimate of drug-likeness (QED) is 0.492. The van der Waals surface area contributed by atoms with Crippen LogP contribution in [0.4, 0.5) is 28.9 Å². The van der Waals surface area contributed by atoms with Crippen LogP contribution in [0.1, 0.15) is 10.4 Å². The number of amides is 1. The molecule has 0 saturated heterocycles. The number of nitrogens with zero attached hydrogens (tertiary/aromatic N) is 1. The predicted octanol–water partition coefficient (Wildman–Crippen LogP) is 2.13. The number of anilines is 1. The summed E-state index contributed by atoms with van der Waals surface area (Å²) in [6.45, 7) is 0. The molecule has 0 saturated carbocycles. The first-order chi connectivity index (χ1) is 9.57. The maximum absolute atomic E-state index is 12.7. The molecule has 0 fully saturated rings. The molecule has 1 aromatic carbocycles. The maximum atomic E-state index is 12.7. The molecule has 0 radical (unpaired) electrons. The molecule has 21 heavy (non-hydrogen) atoms. The summed E-state index contributed by atoms with van der Waals surface area (Å²) in [7, 11) is 0. The van der Waals surface area contributed by atoms with E-state index in [1.54, 1.807) is 0 Å². The highest BCUT2D eigenvalue weighted by molar-refractivity contribution is 5.99. The van der Waals surface area contributed by atoms with Gasteiger partial charge in [0.25, 0.3) is 5.69 Å². The van der Waals surface area contributed by atoms with Crippen molar-refractivity contribution in [2.24, 2.45) is 0 Å². The van der Waals surface area contributed by atoms with Crippen LogP contribution in [-0.2, 0) is 4.79 Å². The summed E-state index contributed by atoms with van der Waals surface area (Å²) in [5, 5.41) is 20.6. The number of nitrogens with one attached hydrogen (secondary N) is 1. The SMILES string of the molecule is O=C(O)c1ccc(NC(=O)C(F)(F)C(F)F)c([N+](=O)[O-])c1. The van der Waals surface area contributed by atoms with Gasteiger partial charge in [0.1, 0.15) is 5.69 Å². The molecule has 1 rings (SSSR count). The molecule has 0 aliphatic rings. The van der Waals surface area contributed by atoms with Gasteiger partial charge < -0.3 is 10.4 Å². The Morgan fingerprint density at radius 1 is 1.33 bits per heavy atom. The van der Waals surface area contributed by atoms with E-state index in [0.717, 1.165) is 6.07 Å². The molecule has 0 aromatic heterocycles. The van der Waals surface area contributed by atoms with Gasteiger partial charge in [-0.3, -0.25) is 14.9 Å². The van der Waals surface area contributed by atoms with Gasteiger partial charge in [0.05, 0.1) is 10.5 Å². The van der Waals surface area contributed by atoms with Crippen LogP contribution in [0.25, 0.3) is 0 Å². The number of nitro benzene ring substituents is 1. The van der Waals surface area contributed by atoms with Crippen molar-refractivity contribution in [1.82, 2.24) is 0 Å². The minimum atomic E-state index is -5.04. The van der Waals surface area contributed by atoms with Gasteiger partial charge in [-0.05, 0) is 12.1 Å². The summed E-state index contributed by atoms with van der Waals surface area (Å²) in [6, 6.07) is 1.94. The number of carboxylic acids is 1. The lowest BCUT2D eigenvalue weighted by Crippen LogP contribution is -2.41. The highest BCUT2D eigenvalue weighted by Gasteiger charge is 2.49. The van der Waals surface area contributed by atoms with Crippen molar-refractivity contribution in [3.63, 3.8) is 0 Å². The largest absolute Gasteiger partial charge is 0.478 e. The monoisotopic (exact) mass is 310 g/mol. The number of benzene rings is 1. The summed E-state index contributed by atoms with van der Waals surface area (Å²) in [5.74, 6) is -9.02. The first-order valence-electron chi connectivity index (χ1n) is 5.06. The Morgan fingerprint density at radius 2 is 1.90 bits per heavy atom. The maximum Gasteiger partial charge on any atom is 0.383 e. The van der Waals surface area contributed by atoms with Crippen LogP contribution in [0.15, 0.2) is 18.2 Å². The Balaban J connectivity index is 3.17. The van der Waals surface area contributed by atoms with E-state index < -0.39 is 46.1 Å². The summed E-state index contributed by atoms with van der Waals surface area (Å²) in [4.78, 5) is 31.2. The van der Waals surface area contributed by atoms with Gasteiger partial charge in [0.15, 0.2) is 0 Å². The van der Waals surface area contributed by atoms with Crippen molar-refractivity contribution in [3.8, 4) is 0 Å². The smallest absolute Gasteiger partial charge is 0.383 e. The Bertz CT molecular complexity index is 605. The van der Waals surface area contributed by atoms with Gasteiger partial charge >= 0.3 is 24.2 Å². The lowest BCUT2D eigenvalue weighted by Gasteiger charge is -2.14. The van der Waals surface area contributed by atoms with Gasteiger partial charge in [0, 0.05) is 6.07 Å². The third kappa shape index (κ3) is 3.43. The van der Waals surface area contributed by atoms with Gasteiger partial charge in [-0.25, -0.2) is 13.6 Å². The molecular formula is C10H6F4N2O5. The number of rotatable bonds is 5. The van der Waals surface area contributed by atoms with Crippen molar-refractivity contribution in [3.05, 3.63) is 33.9 Å². The van der Waals surface area contributed by atoms with Crippen LogP contribution in [0, 0.1) is 10.1 Å². The van der Waals surface area contributed by atoms with Gasteiger partial charge in [-0.2, -0.15) is 8.78 Å². The summed E-state index contributed by atoms with van der Waals surface area (Å²) < 4.78 is 49.4. The molecule has 0 aliphatic carbocycles. The van der Waals surface area contributed by atoms with Crippen molar-refractivity contribution in [1.29, 1.82) is 0 Å².